The molecule has 0 amide bonds. The highest BCUT2D eigenvalue weighted by molar-refractivity contribution is 5.39. The van der Waals surface area contributed by atoms with Gasteiger partial charge in [-0.15, -0.1) is 0 Å². The summed E-state index contributed by atoms with van der Waals surface area (Å²) in [5, 5.41) is 30.7. The molecule has 0 saturated heterocycles. The molecule has 0 aromatic rings. The van der Waals surface area contributed by atoms with Crippen molar-refractivity contribution in [3.05, 3.63) is 47.6 Å². The quantitative estimate of drug-likeness (QED) is 0.268. The third-order valence-electron chi connectivity index (χ3n) is 9.26. The van der Waals surface area contributed by atoms with Crippen LogP contribution < -0.4 is 0 Å². The van der Waals surface area contributed by atoms with E-state index in [1.807, 2.05) is 13.8 Å². The van der Waals surface area contributed by atoms with E-state index < -0.39 is 17.8 Å². The maximum Gasteiger partial charge on any atom is 0.0811 e. The molecule has 0 bridgehead atoms. The van der Waals surface area contributed by atoms with Gasteiger partial charge in [0.2, 0.25) is 0 Å². The summed E-state index contributed by atoms with van der Waals surface area (Å²) >= 11 is 0. The Morgan fingerprint density at radius 2 is 1.94 bits per heavy atom. The zero-order chi connectivity index (χ0) is 24.9. The average molecular weight is 473 g/mol. The van der Waals surface area contributed by atoms with Gasteiger partial charge in [-0.3, -0.25) is 0 Å². The van der Waals surface area contributed by atoms with Gasteiger partial charge in [0.1, 0.15) is 0 Å². The van der Waals surface area contributed by atoms with Crippen molar-refractivity contribution >= 4 is 0 Å². The lowest BCUT2D eigenvalue weighted by atomic mass is 9.62. The van der Waals surface area contributed by atoms with Gasteiger partial charge >= 0.3 is 0 Å². The Balaban J connectivity index is 1.58. The second kappa shape index (κ2) is 11.7. The van der Waals surface area contributed by atoms with Gasteiger partial charge in [-0.05, 0) is 98.2 Å². The van der Waals surface area contributed by atoms with Gasteiger partial charge in [-0.25, -0.2) is 0 Å². The van der Waals surface area contributed by atoms with E-state index in [9.17, 15) is 15.3 Å². The van der Waals surface area contributed by atoms with E-state index in [4.69, 9.17) is 4.74 Å². The van der Waals surface area contributed by atoms with Crippen LogP contribution in [0.15, 0.2) is 47.6 Å². The van der Waals surface area contributed by atoms with Crippen LogP contribution >= 0.6 is 0 Å². The molecule has 4 nitrogen and oxygen atoms in total. The molecule has 3 rings (SSSR count). The summed E-state index contributed by atoms with van der Waals surface area (Å²) in [4.78, 5) is 0. The molecule has 192 valence electrons. The Bertz CT molecular complexity index is 790. The van der Waals surface area contributed by atoms with E-state index in [0.29, 0.717) is 37.9 Å². The largest absolute Gasteiger partial charge is 0.393 e. The number of hydrogen-bond acceptors (Lipinski definition) is 4. The first-order valence-corrected chi connectivity index (χ1v) is 13.6. The Morgan fingerprint density at radius 1 is 1.21 bits per heavy atom. The first kappa shape index (κ1) is 27.4. The second-order valence-electron chi connectivity index (χ2n) is 11.4. The Morgan fingerprint density at radius 3 is 2.65 bits per heavy atom. The summed E-state index contributed by atoms with van der Waals surface area (Å²) in [5.41, 5.74) is 4.13. The fourth-order valence-corrected chi connectivity index (χ4v) is 6.79. The number of aliphatic hydroxyl groups excluding tert-OH is 2. The van der Waals surface area contributed by atoms with Gasteiger partial charge in [0.15, 0.2) is 0 Å². The zero-order valence-corrected chi connectivity index (χ0v) is 21.8. The molecule has 3 N–H and O–H groups in total. The van der Waals surface area contributed by atoms with E-state index in [1.54, 1.807) is 0 Å². The van der Waals surface area contributed by atoms with Crippen LogP contribution in [0.25, 0.3) is 0 Å². The van der Waals surface area contributed by atoms with Crippen LogP contribution in [-0.2, 0) is 4.74 Å². The summed E-state index contributed by atoms with van der Waals surface area (Å²) in [6, 6.07) is 0. The van der Waals surface area contributed by atoms with Crippen LogP contribution in [0.4, 0.5) is 0 Å². The molecule has 0 aliphatic heterocycles. The van der Waals surface area contributed by atoms with Crippen molar-refractivity contribution < 1.29 is 20.1 Å². The highest BCUT2D eigenvalue weighted by Crippen LogP contribution is 2.59. The van der Waals surface area contributed by atoms with Gasteiger partial charge in [-0.2, -0.15) is 0 Å². The van der Waals surface area contributed by atoms with Crippen molar-refractivity contribution in [1.29, 1.82) is 0 Å². The lowest BCUT2D eigenvalue weighted by Gasteiger charge is -2.43. The fourth-order valence-electron chi connectivity index (χ4n) is 6.79. The molecule has 3 aliphatic carbocycles. The lowest BCUT2D eigenvalue weighted by Crippen LogP contribution is -2.34. The molecule has 34 heavy (non-hydrogen) atoms. The fraction of sp³-hybridized carbons (Fsp3) is 0.733. The van der Waals surface area contributed by atoms with Gasteiger partial charge in [0, 0.05) is 13.0 Å². The number of rotatable bonds is 10. The van der Waals surface area contributed by atoms with Gasteiger partial charge < -0.3 is 20.1 Å². The van der Waals surface area contributed by atoms with Crippen LogP contribution in [0, 0.1) is 17.3 Å². The number of allylic oxidation sites excluding steroid dienone is 3. The van der Waals surface area contributed by atoms with Crippen LogP contribution in [0.2, 0.25) is 0 Å². The molecule has 3 fully saturated rings. The molecule has 0 aromatic heterocycles. The molecule has 3 aliphatic rings. The minimum absolute atomic E-state index is 0.219. The molecule has 3 saturated carbocycles. The van der Waals surface area contributed by atoms with Crippen LogP contribution in [-0.4, -0.2) is 46.3 Å². The number of hydrogen-bond donors (Lipinski definition) is 3. The average Bonchev–Trinajstić information content (AvgIpc) is 3.17. The number of aliphatic hydroxyl groups is 3. The predicted molar refractivity (Wildman–Crippen MR) is 139 cm³/mol. The van der Waals surface area contributed by atoms with E-state index >= 15 is 0 Å². The van der Waals surface area contributed by atoms with Crippen LogP contribution in [0.5, 0.6) is 0 Å². The van der Waals surface area contributed by atoms with Crippen LogP contribution in [0.1, 0.15) is 91.4 Å². The molecule has 0 unspecified atom stereocenters. The molecule has 0 aromatic carbocycles. The number of fused-ring (bicyclic) bond motifs is 1. The minimum atomic E-state index is -0.637. The molecule has 0 spiro atoms. The minimum Gasteiger partial charge on any atom is -0.393 e. The standard InChI is InChI=1S/C30H48O4/c1-6-30(33,7-2)16-9-17-34-20-21(3)26-13-14-27-23(10-8-15-29(26,27)5)11-12-24-18-25(31)19-28(32)22(24)4/h11-12,25-28,31-33H,3-4,6-10,13-20H2,1-2,5H3/b23-11+,24-12-/t25-,26-,27+,28+,29-/m1/s1. The summed E-state index contributed by atoms with van der Waals surface area (Å²) in [5.74, 6) is 1.03. The first-order chi connectivity index (χ1) is 16.1. The van der Waals surface area contributed by atoms with E-state index in [0.717, 1.165) is 49.7 Å². The molecule has 0 heterocycles. The van der Waals surface area contributed by atoms with Crippen molar-refractivity contribution in [1.82, 2.24) is 0 Å². The number of ether oxygens (including phenoxy) is 1. The van der Waals surface area contributed by atoms with Gasteiger partial charge in [0.05, 0.1) is 24.4 Å². The van der Waals surface area contributed by atoms with Gasteiger partial charge in [-0.1, -0.05) is 51.7 Å². The molecular weight excluding hydrogens is 424 g/mol. The van der Waals surface area contributed by atoms with Crippen molar-refractivity contribution in [2.24, 2.45) is 17.3 Å². The SMILES string of the molecule is C=C(COCCCC(O)(CC)CC)[C@H]1CC[C@H]2/C(=C/C=C3/C[C@@H](O)C[C@H](O)C3=C)CCC[C@]12C. The normalized spacial score (nSPS) is 34.6. The Kier molecular flexibility index (Phi) is 9.42. The second-order valence-corrected chi connectivity index (χ2v) is 11.4. The Hall–Kier alpha value is -1.20. The third kappa shape index (κ3) is 6.13. The molecule has 4 heteroatoms. The summed E-state index contributed by atoms with van der Waals surface area (Å²) in [6.45, 7) is 16.3. The summed E-state index contributed by atoms with van der Waals surface area (Å²) < 4.78 is 6.01. The third-order valence-corrected chi connectivity index (χ3v) is 9.26. The van der Waals surface area contributed by atoms with Crippen molar-refractivity contribution in [2.75, 3.05) is 13.2 Å². The monoisotopic (exact) mass is 472 g/mol. The summed E-state index contributed by atoms with van der Waals surface area (Å²) in [6.07, 6.45) is 13.3. The van der Waals surface area contributed by atoms with Gasteiger partial charge in [0.25, 0.3) is 0 Å². The molecule has 0 radical (unpaired) electrons. The highest BCUT2D eigenvalue weighted by Gasteiger charge is 2.49. The highest BCUT2D eigenvalue weighted by atomic mass is 16.5. The molecular formula is C30H48O4. The smallest absolute Gasteiger partial charge is 0.0811 e. The van der Waals surface area contributed by atoms with Crippen molar-refractivity contribution in [3.63, 3.8) is 0 Å². The lowest BCUT2D eigenvalue weighted by molar-refractivity contribution is 0.0128. The van der Waals surface area contributed by atoms with Crippen LogP contribution in [0.3, 0.4) is 0 Å². The maximum absolute atomic E-state index is 10.5. The van der Waals surface area contributed by atoms with E-state index in [2.05, 4.69) is 32.2 Å². The van der Waals surface area contributed by atoms with Crippen molar-refractivity contribution in [2.45, 2.75) is 109 Å². The zero-order valence-electron chi connectivity index (χ0n) is 21.8. The molecule has 5 atom stereocenters. The maximum atomic E-state index is 10.5. The van der Waals surface area contributed by atoms with Crippen molar-refractivity contribution in [3.8, 4) is 0 Å². The topological polar surface area (TPSA) is 69.9 Å². The summed E-state index contributed by atoms with van der Waals surface area (Å²) in [7, 11) is 0. The van der Waals surface area contributed by atoms with E-state index in [-0.39, 0.29) is 5.41 Å². The first-order valence-electron chi connectivity index (χ1n) is 13.6. The van der Waals surface area contributed by atoms with E-state index in [1.165, 1.54) is 30.4 Å². The predicted octanol–water partition coefficient (Wildman–Crippen LogP) is 6.03. The Labute approximate surface area is 207 Å².